The first-order valence-electron chi connectivity index (χ1n) is 3.89. The Morgan fingerprint density at radius 1 is 1.38 bits per heavy atom. The summed E-state index contributed by atoms with van der Waals surface area (Å²) >= 11 is 0. The van der Waals surface area contributed by atoms with Crippen molar-refractivity contribution in [1.82, 2.24) is 0 Å². The van der Waals surface area contributed by atoms with Gasteiger partial charge in [-0.25, -0.2) is 0 Å². The molecule has 4 nitrogen and oxygen atoms in total. The number of hydrogen-bond donors (Lipinski definition) is 1. The van der Waals surface area contributed by atoms with Gasteiger partial charge in [-0.05, 0) is 19.9 Å². The largest absolute Gasteiger partial charge is 0.385 e. The molecule has 0 bridgehead atoms. The van der Waals surface area contributed by atoms with E-state index in [2.05, 4.69) is 0 Å². The monoisotopic (exact) mass is 181 g/mol. The van der Waals surface area contributed by atoms with Gasteiger partial charge in [0.15, 0.2) is 0 Å². The summed E-state index contributed by atoms with van der Waals surface area (Å²) in [6.45, 7) is 3.05. The number of nitro groups is 1. The Hall–Kier alpha value is -1.42. The van der Waals surface area contributed by atoms with Crippen molar-refractivity contribution >= 4 is 5.69 Å². The van der Waals surface area contributed by atoms with Crippen molar-refractivity contribution in [3.63, 3.8) is 0 Å². The van der Waals surface area contributed by atoms with Crippen LogP contribution >= 0.6 is 0 Å². The molecule has 0 saturated heterocycles. The van der Waals surface area contributed by atoms with Crippen molar-refractivity contribution in [3.8, 4) is 0 Å². The number of nitro benzene ring substituents is 1. The fourth-order valence-electron chi connectivity index (χ4n) is 1.15. The molecule has 1 aromatic carbocycles. The molecular formula is C9H11NO3. The molecule has 13 heavy (non-hydrogen) atoms. The number of benzene rings is 1. The Balaban J connectivity index is 3.28. The minimum absolute atomic E-state index is 0.0463. The molecule has 0 atom stereocenters. The lowest BCUT2D eigenvalue weighted by molar-refractivity contribution is -0.386. The molecule has 0 radical (unpaired) electrons. The molecule has 1 rings (SSSR count). The molecule has 0 aliphatic carbocycles. The quantitative estimate of drug-likeness (QED) is 0.559. The third kappa shape index (κ3) is 2.03. The van der Waals surface area contributed by atoms with Crippen molar-refractivity contribution in [2.75, 3.05) is 0 Å². The summed E-state index contributed by atoms with van der Waals surface area (Å²) in [6, 6.07) is 6.18. The third-order valence-corrected chi connectivity index (χ3v) is 1.76. The van der Waals surface area contributed by atoms with Gasteiger partial charge >= 0.3 is 0 Å². The van der Waals surface area contributed by atoms with E-state index in [0.29, 0.717) is 5.56 Å². The fourth-order valence-corrected chi connectivity index (χ4v) is 1.15. The van der Waals surface area contributed by atoms with Crippen LogP contribution in [0.1, 0.15) is 19.4 Å². The zero-order chi connectivity index (χ0) is 10.1. The van der Waals surface area contributed by atoms with Crippen LogP contribution in [-0.2, 0) is 5.60 Å². The molecule has 0 unspecified atom stereocenters. The maximum Gasteiger partial charge on any atom is 0.275 e. The summed E-state index contributed by atoms with van der Waals surface area (Å²) in [5, 5.41) is 20.2. The normalized spacial score (nSPS) is 11.3. The van der Waals surface area contributed by atoms with Gasteiger partial charge < -0.3 is 5.11 Å². The molecule has 0 spiro atoms. The van der Waals surface area contributed by atoms with Gasteiger partial charge in [0.2, 0.25) is 0 Å². The lowest BCUT2D eigenvalue weighted by Crippen LogP contribution is -2.17. The summed E-state index contributed by atoms with van der Waals surface area (Å²) in [6.07, 6.45) is 0. The topological polar surface area (TPSA) is 63.4 Å². The van der Waals surface area contributed by atoms with Crippen LogP contribution in [0.2, 0.25) is 0 Å². The smallest absolute Gasteiger partial charge is 0.275 e. The molecule has 0 fully saturated rings. The van der Waals surface area contributed by atoms with E-state index >= 15 is 0 Å². The van der Waals surface area contributed by atoms with Crippen LogP contribution in [0.15, 0.2) is 24.3 Å². The van der Waals surface area contributed by atoms with Gasteiger partial charge in [-0.15, -0.1) is 0 Å². The maximum atomic E-state index is 10.6. The highest BCUT2D eigenvalue weighted by molar-refractivity contribution is 5.42. The predicted molar refractivity (Wildman–Crippen MR) is 48.3 cm³/mol. The van der Waals surface area contributed by atoms with Gasteiger partial charge in [0, 0.05) is 6.07 Å². The SMILES string of the molecule is CC(C)(O)c1ccccc1[N+](=O)[O-]. The van der Waals surface area contributed by atoms with E-state index in [1.807, 2.05) is 0 Å². The van der Waals surface area contributed by atoms with Crippen LogP contribution in [0.3, 0.4) is 0 Å². The first kappa shape index (κ1) is 9.67. The Morgan fingerprint density at radius 3 is 2.31 bits per heavy atom. The van der Waals surface area contributed by atoms with E-state index in [1.54, 1.807) is 18.2 Å². The zero-order valence-electron chi connectivity index (χ0n) is 7.52. The van der Waals surface area contributed by atoms with Crippen molar-refractivity contribution < 1.29 is 10.0 Å². The molecule has 1 aromatic rings. The average molecular weight is 181 g/mol. The Morgan fingerprint density at radius 2 is 1.92 bits per heavy atom. The van der Waals surface area contributed by atoms with Gasteiger partial charge in [0.05, 0.1) is 16.1 Å². The number of hydrogen-bond acceptors (Lipinski definition) is 3. The Labute approximate surface area is 76.0 Å². The minimum Gasteiger partial charge on any atom is -0.385 e. The van der Waals surface area contributed by atoms with Gasteiger partial charge in [0.25, 0.3) is 5.69 Å². The average Bonchev–Trinajstić information content (AvgIpc) is 2.03. The third-order valence-electron chi connectivity index (χ3n) is 1.76. The van der Waals surface area contributed by atoms with Crippen molar-refractivity contribution in [2.45, 2.75) is 19.4 Å². The van der Waals surface area contributed by atoms with E-state index in [4.69, 9.17) is 0 Å². The van der Waals surface area contributed by atoms with Crippen molar-refractivity contribution in [1.29, 1.82) is 0 Å². The molecule has 0 aliphatic rings. The Kier molecular flexibility index (Phi) is 2.34. The van der Waals surface area contributed by atoms with Gasteiger partial charge in [0.1, 0.15) is 0 Å². The van der Waals surface area contributed by atoms with Gasteiger partial charge in [-0.2, -0.15) is 0 Å². The number of aliphatic hydroxyl groups is 1. The summed E-state index contributed by atoms with van der Waals surface area (Å²) in [7, 11) is 0. The Bertz CT molecular complexity index is 328. The number of para-hydroxylation sites is 1. The highest BCUT2D eigenvalue weighted by atomic mass is 16.6. The molecule has 4 heteroatoms. The molecule has 0 heterocycles. The first-order valence-corrected chi connectivity index (χ1v) is 3.89. The van der Waals surface area contributed by atoms with E-state index in [-0.39, 0.29) is 5.69 Å². The van der Waals surface area contributed by atoms with Gasteiger partial charge in [-0.3, -0.25) is 10.1 Å². The zero-order valence-corrected chi connectivity index (χ0v) is 7.52. The van der Waals surface area contributed by atoms with Crippen LogP contribution in [0.5, 0.6) is 0 Å². The first-order chi connectivity index (χ1) is 5.93. The molecule has 70 valence electrons. The van der Waals surface area contributed by atoms with Crippen LogP contribution in [0.25, 0.3) is 0 Å². The number of rotatable bonds is 2. The van der Waals surface area contributed by atoms with Crippen LogP contribution in [0, 0.1) is 10.1 Å². The van der Waals surface area contributed by atoms with Crippen LogP contribution in [0.4, 0.5) is 5.69 Å². The molecular weight excluding hydrogens is 170 g/mol. The molecule has 1 N–H and O–H groups in total. The highest BCUT2D eigenvalue weighted by Gasteiger charge is 2.25. The molecule has 0 aliphatic heterocycles. The maximum absolute atomic E-state index is 10.6. The standard InChI is InChI=1S/C9H11NO3/c1-9(2,11)7-5-3-4-6-8(7)10(12)13/h3-6,11H,1-2H3. The van der Waals surface area contributed by atoms with E-state index in [1.165, 1.54) is 19.9 Å². The summed E-state index contributed by atoms with van der Waals surface area (Å²) in [5.74, 6) is 0. The predicted octanol–water partition coefficient (Wildman–Crippen LogP) is 1.82. The van der Waals surface area contributed by atoms with Crippen molar-refractivity contribution in [3.05, 3.63) is 39.9 Å². The second-order valence-electron chi connectivity index (χ2n) is 3.33. The molecule has 0 aromatic heterocycles. The molecule has 0 amide bonds. The summed E-state index contributed by atoms with van der Waals surface area (Å²) in [4.78, 5) is 10.1. The number of nitrogens with zero attached hydrogens (tertiary/aromatic N) is 1. The van der Waals surface area contributed by atoms with Crippen LogP contribution < -0.4 is 0 Å². The second kappa shape index (κ2) is 3.14. The minimum atomic E-state index is -1.18. The van der Waals surface area contributed by atoms with Crippen LogP contribution in [-0.4, -0.2) is 10.0 Å². The second-order valence-corrected chi connectivity index (χ2v) is 3.33. The lowest BCUT2D eigenvalue weighted by Gasteiger charge is -2.16. The van der Waals surface area contributed by atoms with E-state index in [0.717, 1.165) is 0 Å². The van der Waals surface area contributed by atoms with Crippen molar-refractivity contribution in [2.24, 2.45) is 0 Å². The summed E-state index contributed by atoms with van der Waals surface area (Å²) < 4.78 is 0. The fraction of sp³-hybridized carbons (Fsp3) is 0.333. The highest BCUT2D eigenvalue weighted by Crippen LogP contribution is 2.28. The van der Waals surface area contributed by atoms with E-state index in [9.17, 15) is 15.2 Å². The van der Waals surface area contributed by atoms with Gasteiger partial charge in [-0.1, -0.05) is 12.1 Å². The summed E-state index contributed by atoms with van der Waals surface area (Å²) in [5.41, 5.74) is -0.890. The van der Waals surface area contributed by atoms with E-state index < -0.39 is 10.5 Å². The lowest BCUT2D eigenvalue weighted by atomic mass is 9.97. The molecule has 0 saturated carbocycles.